The van der Waals surface area contributed by atoms with Gasteiger partial charge < -0.3 is 19.5 Å². The normalized spacial score (nSPS) is 11.1. The summed E-state index contributed by atoms with van der Waals surface area (Å²) in [7, 11) is 3.02. The lowest BCUT2D eigenvalue weighted by Gasteiger charge is -2.16. The maximum atomic E-state index is 15.4. The molecule has 0 aliphatic heterocycles. The molecule has 0 bridgehead atoms. The van der Waals surface area contributed by atoms with E-state index < -0.39 is 11.6 Å². The Labute approximate surface area is 251 Å². The summed E-state index contributed by atoms with van der Waals surface area (Å²) < 4.78 is 47.6. The van der Waals surface area contributed by atoms with Crippen molar-refractivity contribution >= 4 is 49.1 Å². The number of nitrogens with zero attached hydrogens (tertiary/aromatic N) is 4. The number of benzene rings is 3. The van der Waals surface area contributed by atoms with Crippen molar-refractivity contribution in [3.05, 3.63) is 105 Å². The second-order valence-electron chi connectivity index (χ2n) is 9.37. The average Bonchev–Trinajstić information content (AvgIpc) is 3.01. The largest absolute Gasteiger partial charge is 0.493 e. The van der Waals surface area contributed by atoms with Crippen molar-refractivity contribution in [1.29, 1.82) is 0 Å². The Kier molecular flexibility index (Phi) is 7.36. The average molecular weight is 646 g/mol. The Balaban J connectivity index is 1.36. The van der Waals surface area contributed by atoms with Crippen LogP contribution in [0.15, 0.2) is 82.5 Å². The van der Waals surface area contributed by atoms with E-state index in [4.69, 9.17) is 14.2 Å². The molecule has 9 nitrogen and oxygen atoms in total. The summed E-state index contributed by atoms with van der Waals surface area (Å²) >= 11 is 3.59. The van der Waals surface area contributed by atoms with Crippen molar-refractivity contribution in [1.82, 2.24) is 19.5 Å². The van der Waals surface area contributed by atoms with E-state index in [2.05, 4.69) is 36.2 Å². The predicted octanol–water partition coefficient (Wildman–Crippen LogP) is 7.23. The molecule has 0 spiro atoms. The van der Waals surface area contributed by atoms with Gasteiger partial charge in [0.25, 0.3) is 5.56 Å². The molecule has 0 fully saturated rings. The number of anilines is 2. The van der Waals surface area contributed by atoms with E-state index in [0.717, 1.165) is 0 Å². The predicted molar refractivity (Wildman–Crippen MR) is 162 cm³/mol. The molecule has 3 aromatic heterocycles. The number of ether oxygens (including phenoxy) is 3. The molecule has 0 radical (unpaired) electrons. The molecule has 3 aromatic carbocycles. The molecule has 12 heteroatoms. The first-order valence-electron chi connectivity index (χ1n) is 12.9. The minimum absolute atomic E-state index is 0.0803. The molecule has 216 valence electrons. The summed E-state index contributed by atoms with van der Waals surface area (Å²) in [4.78, 5) is 26.5. The van der Waals surface area contributed by atoms with Crippen LogP contribution < -0.4 is 25.1 Å². The van der Waals surface area contributed by atoms with Crippen LogP contribution in [0.2, 0.25) is 0 Å². The molecule has 6 rings (SSSR count). The van der Waals surface area contributed by atoms with Gasteiger partial charge in [-0.3, -0.25) is 9.36 Å². The number of halogens is 3. The van der Waals surface area contributed by atoms with Gasteiger partial charge in [0.05, 0.1) is 30.5 Å². The van der Waals surface area contributed by atoms with Crippen LogP contribution in [0, 0.1) is 18.6 Å². The molecule has 3 heterocycles. The standard InChI is InChI=1S/C31H22BrF2N5O4/c1-16-28(32)20-10-11-35-29(27(20)31(40)39(16)19-7-4-17(33)5-8-19)38-18-6-9-24(22(34)12-18)43-30-21-13-25(41-2)26(42-3)14-23(21)36-15-37-30/h4-15H,1-3H3,(H,35,38). The highest BCUT2D eigenvalue weighted by atomic mass is 79.9. The van der Waals surface area contributed by atoms with Gasteiger partial charge in [0.1, 0.15) is 18.0 Å². The zero-order valence-corrected chi connectivity index (χ0v) is 24.6. The molecule has 6 aromatic rings. The second kappa shape index (κ2) is 11.3. The van der Waals surface area contributed by atoms with Gasteiger partial charge in [-0.2, -0.15) is 0 Å². The van der Waals surface area contributed by atoms with Crippen LogP contribution in [0.25, 0.3) is 27.4 Å². The lowest BCUT2D eigenvalue weighted by Crippen LogP contribution is -2.22. The van der Waals surface area contributed by atoms with Gasteiger partial charge in [-0.15, -0.1) is 0 Å². The molecule has 0 saturated heterocycles. The number of hydrogen-bond donors (Lipinski definition) is 1. The van der Waals surface area contributed by atoms with Crippen LogP contribution in [0.3, 0.4) is 0 Å². The minimum atomic E-state index is -0.682. The summed E-state index contributed by atoms with van der Waals surface area (Å²) in [6.07, 6.45) is 2.86. The zero-order valence-electron chi connectivity index (χ0n) is 23.0. The first-order chi connectivity index (χ1) is 20.8. The van der Waals surface area contributed by atoms with Crippen molar-refractivity contribution in [2.45, 2.75) is 6.92 Å². The number of pyridine rings is 2. The van der Waals surface area contributed by atoms with Gasteiger partial charge in [0.15, 0.2) is 23.1 Å². The summed E-state index contributed by atoms with van der Waals surface area (Å²) in [6, 6.07) is 14.9. The van der Waals surface area contributed by atoms with Crippen LogP contribution >= 0.6 is 15.9 Å². The highest BCUT2D eigenvalue weighted by Gasteiger charge is 2.19. The minimum Gasteiger partial charge on any atom is -0.493 e. The molecule has 0 amide bonds. The van der Waals surface area contributed by atoms with E-state index in [-0.39, 0.29) is 28.4 Å². The zero-order chi connectivity index (χ0) is 30.2. The van der Waals surface area contributed by atoms with Crippen LogP contribution in [0.1, 0.15) is 5.69 Å². The fraction of sp³-hybridized carbons (Fsp3) is 0.0968. The lowest BCUT2D eigenvalue weighted by atomic mass is 10.1. The smallest absolute Gasteiger partial charge is 0.267 e. The number of aromatic nitrogens is 4. The van der Waals surface area contributed by atoms with Crippen molar-refractivity contribution < 1.29 is 23.0 Å². The van der Waals surface area contributed by atoms with Crippen molar-refractivity contribution in [3.63, 3.8) is 0 Å². The molecule has 0 unspecified atom stereocenters. The second-order valence-corrected chi connectivity index (χ2v) is 10.2. The molecule has 0 atom stereocenters. The van der Waals surface area contributed by atoms with Crippen molar-refractivity contribution in [2.24, 2.45) is 0 Å². The van der Waals surface area contributed by atoms with Crippen LogP contribution in [-0.4, -0.2) is 33.7 Å². The molecule has 0 aliphatic rings. The van der Waals surface area contributed by atoms with Gasteiger partial charge in [-0.25, -0.2) is 23.7 Å². The molecule has 1 N–H and O–H groups in total. The van der Waals surface area contributed by atoms with Crippen LogP contribution in [0.5, 0.6) is 23.1 Å². The number of fused-ring (bicyclic) bond motifs is 2. The van der Waals surface area contributed by atoms with E-state index in [0.29, 0.717) is 49.3 Å². The number of hydrogen-bond acceptors (Lipinski definition) is 8. The Hall–Kier alpha value is -5.10. The molecule has 0 saturated carbocycles. The Morgan fingerprint density at radius 2 is 1.60 bits per heavy atom. The highest BCUT2D eigenvalue weighted by Crippen LogP contribution is 2.37. The Morgan fingerprint density at radius 1 is 0.860 bits per heavy atom. The van der Waals surface area contributed by atoms with Crippen LogP contribution in [0.4, 0.5) is 20.3 Å². The molecular formula is C31H22BrF2N5O4. The fourth-order valence-corrected chi connectivity index (χ4v) is 5.26. The van der Waals surface area contributed by atoms with Gasteiger partial charge in [-0.05, 0) is 71.4 Å². The Morgan fingerprint density at radius 3 is 2.33 bits per heavy atom. The maximum Gasteiger partial charge on any atom is 0.267 e. The first kappa shape index (κ1) is 28.0. The number of nitrogens with one attached hydrogen (secondary N) is 1. The first-order valence-corrected chi connectivity index (χ1v) is 13.6. The van der Waals surface area contributed by atoms with Crippen LogP contribution in [-0.2, 0) is 0 Å². The number of methoxy groups -OCH3 is 2. The van der Waals surface area contributed by atoms with Gasteiger partial charge >= 0.3 is 0 Å². The van der Waals surface area contributed by atoms with Gasteiger partial charge in [0.2, 0.25) is 5.88 Å². The summed E-state index contributed by atoms with van der Waals surface area (Å²) in [6.45, 7) is 1.78. The van der Waals surface area contributed by atoms with E-state index >= 15 is 4.39 Å². The maximum absolute atomic E-state index is 15.4. The summed E-state index contributed by atoms with van der Waals surface area (Å²) in [5.74, 6) is 0.0902. The molecular weight excluding hydrogens is 624 g/mol. The monoisotopic (exact) mass is 645 g/mol. The van der Waals surface area contributed by atoms with Crippen molar-refractivity contribution in [2.75, 3.05) is 19.5 Å². The number of rotatable bonds is 7. The third kappa shape index (κ3) is 5.10. The Bertz CT molecular complexity index is 2090. The highest BCUT2D eigenvalue weighted by molar-refractivity contribution is 9.10. The SMILES string of the molecule is COc1cc2ncnc(Oc3ccc(Nc4nccc5c(Br)c(C)n(-c6ccc(F)cc6)c(=O)c45)cc3F)c2cc1OC. The summed E-state index contributed by atoms with van der Waals surface area (Å²) in [5, 5.41) is 4.43. The molecule has 0 aliphatic carbocycles. The van der Waals surface area contributed by atoms with Crippen molar-refractivity contribution in [3.8, 4) is 28.8 Å². The third-order valence-electron chi connectivity index (χ3n) is 6.85. The van der Waals surface area contributed by atoms with Gasteiger partial charge in [-0.1, -0.05) is 0 Å². The van der Waals surface area contributed by atoms with E-state index in [1.54, 1.807) is 37.4 Å². The molecule has 43 heavy (non-hydrogen) atoms. The lowest BCUT2D eigenvalue weighted by molar-refractivity contribution is 0.355. The topological polar surface area (TPSA) is 100 Å². The van der Waals surface area contributed by atoms with E-state index in [9.17, 15) is 9.18 Å². The van der Waals surface area contributed by atoms with Gasteiger partial charge in [0, 0.05) is 45.3 Å². The third-order valence-corrected chi connectivity index (χ3v) is 7.85. The fourth-order valence-electron chi connectivity index (χ4n) is 4.76. The quantitative estimate of drug-likeness (QED) is 0.194. The summed E-state index contributed by atoms with van der Waals surface area (Å²) in [5.41, 5.74) is 1.59. The van der Waals surface area contributed by atoms with E-state index in [1.807, 2.05) is 0 Å². The van der Waals surface area contributed by atoms with E-state index in [1.165, 1.54) is 61.5 Å².